The normalized spacial score (nSPS) is 20.3. The molecular weight excluding hydrogens is 188 g/mol. The predicted octanol–water partition coefficient (Wildman–Crippen LogP) is -0.0415. The summed E-state index contributed by atoms with van der Waals surface area (Å²) in [6, 6.07) is 1.57. The molecule has 0 saturated heterocycles. The summed E-state index contributed by atoms with van der Waals surface area (Å²) in [4.78, 5) is 4.32. The Morgan fingerprint density at radius 3 is 3.15 bits per heavy atom. The number of aromatic nitrogens is 1. The maximum atomic E-state index is 11.6. The molecule has 1 aromatic rings. The highest BCUT2D eigenvalue weighted by molar-refractivity contribution is 7.91. The van der Waals surface area contributed by atoms with Gasteiger partial charge in [0.2, 0.25) is 0 Å². The molecule has 0 unspecified atom stereocenters. The number of hydrogen-bond acceptors (Lipinski definition) is 4. The fraction of sp³-hybridized carbons (Fsp3) is 0.375. The van der Waals surface area contributed by atoms with Crippen molar-refractivity contribution in [3.8, 4) is 0 Å². The highest BCUT2D eigenvalue weighted by Gasteiger charge is 2.20. The molecule has 0 spiro atoms. The first kappa shape index (κ1) is 8.65. The third kappa shape index (κ3) is 1.57. The molecule has 1 aliphatic rings. The summed E-state index contributed by atoms with van der Waals surface area (Å²) in [5.74, 6) is 0.171. The molecule has 0 amide bonds. The van der Waals surface area contributed by atoms with E-state index in [0.717, 1.165) is 5.56 Å². The SMILES string of the molecule is O=S1(=O)CCNCc2cnccc21. The van der Waals surface area contributed by atoms with E-state index in [1.54, 1.807) is 12.3 Å². The van der Waals surface area contributed by atoms with Gasteiger partial charge in [0.25, 0.3) is 0 Å². The molecule has 2 heterocycles. The smallest absolute Gasteiger partial charge is 0.180 e. The van der Waals surface area contributed by atoms with Crippen LogP contribution in [0.25, 0.3) is 0 Å². The molecule has 0 aromatic carbocycles. The minimum absolute atomic E-state index is 0.171. The van der Waals surface area contributed by atoms with Gasteiger partial charge < -0.3 is 5.32 Å². The van der Waals surface area contributed by atoms with E-state index in [-0.39, 0.29) is 5.75 Å². The van der Waals surface area contributed by atoms with Gasteiger partial charge in [0.1, 0.15) is 0 Å². The first-order valence-electron chi connectivity index (χ1n) is 4.06. The van der Waals surface area contributed by atoms with Crippen molar-refractivity contribution < 1.29 is 8.42 Å². The van der Waals surface area contributed by atoms with E-state index in [1.807, 2.05) is 0 Å². The molecule has 1 N–H and O–H groups in total. The van der Waals surface area contributed by atoms with E-state index in [1.165, 1.54) is 6.20 Å². The van der Waals surface area contributed by atoms with Gasteiger partial charge in [-0.25, -0.2) is 8.42 Å². The minimum atomic E-state index is -3.08. The largest absolute Gasteiger partial charge is 0.312 e. The lowest BCUT2D eigenvalue weighted by atomic mass is 10.3. The maximum absolute atomic E-state index is 11.6. The van der Waals surface area contributed by atoms with Gasteiger partial charge in [-0.2, -0.15) is 0 Å². The molecular formula is C8H10N2O2S. The fourth-order valence-corrected chi connectivity index (χ4v) is 2.82. The Hall–Kier alpha value is -0.940. The standard InChI is InChI=1S/C8H10N2O2S/c11-13(12)4-3-10-6-7-5-9-2-1-8(7)13/h1-2,5,10H,3-4,6H2. The second-order valence-electron chi connectivity index (χ2n) is 2.98. The van der Waals surface area contributed by atoms with Crippen LogP contribution in [0.3, 0.4) is 0 Å². The predicted molar refractivity (Wildman–Crippen MR) is 48.0 cm³/mol. The van der Waals surface area contributed by atoms with Crippen molar-refractivity contribution in [1.82, 2.24) is 10.3 Å². The van der Waals surface area contributed by atoms with Crippen LogP contribution >= 0.6 is 0 Å². The summed E-state index contributed by atoms with van der Waals surface area (Å²) in [5.41, 5.74) is 0.764. The number of sulfone groups is 1. The van der Waals surface area contributed by atoms with Gasteiger partial charge in [0, 0.05) is 31.0 Å². The average Bonchev–Trinajstić information content (AvgIpc) is 2.26. The fourth-order valence-electron chi connectivity index (χ4n) is 1.39. The number of rotatable bonds is 0. The van der Waals surface area contributed by atoms with Crippen molar-refractivity contribution >= 4 is 9.84 Å². The lowest BCUT2D eigenvalue weighted by molar-refractivity contribution is 0.595. The van der Waals surface area contributed by atoms with Gasteiger partial charge in [0.15, 0.2) is 9.84 Å². The number of nitrogens with zero attached hydrogens (tertiary/aromatic N) is 1. The maximum Gasteiger partial charge on any atom is 0.180 e. The summed E-state index contributed by atoms with van der Waals surface area (Å²) in [6.45, 7) is 1.10. The Morgan fingerprint density at radius 2 is 2.31 bits per heavy atom. The summed E-state index contributed by atoms with van der Waals surface area (Å²) < 4.78 is 23.3. The second-order valence-corrected chi connectivity index (χ2v) is 5.06. The molecule has 0 atom stereocenters. The third-order valence-corrected chi connectivity index (χ3v) is 3.87. The Kier molecular flexibility index (Phi) is 2.05. The van der Waals surface area contributed by atoms with Crippen molar-refractivity contribution in [2.75, 3.05) is 12.3 Å². The Bertz CT molecular complexity index is 414. The van der Waals surface area contributed by atoms with Gasteiger partial charge in [-0.15, -0.1) is 0 Å². The molecule has 5 heteroatoms. The monoisotopic (exact) mass is 198 g/mol. The van der Waals surface area contributed by atoms with Crippen LogP contribution in [0.5, 0.6) is 0 Å². The second kappa shape index (κ2) is 3.08. The van der Waals surface area contributed by atoms with E-state index in [2.05, 4.69) is 10.3 Å². The van der Waals surface area contributed by atoms with Crippen LogP contribution in [-0.4, -0.2) is 25.7 Å². The lowest BCUT2D eigenvalue weighted by Crippen LogP contribution is -2.17. The summed E-state index contributed by atoms with van der Waals surface area (Å²) in [5, 5.41) is 3.04. The van der Waals surface area contributed by atoms with E-state index >= 15 is 0 Å². The van der Waals surface area contributed by atoms with Crippen LogP contribution in [0, 0.1) is 0 Å². The molecule has 4 nitrogen and oxygen atoms in total. The molecule has 0 fully saturated rings. The zero-order chi connectivity index (χ0) is 9.31. The highest BCUT2D eigenvalue weighted by Crippen LogP contribution is 2.17. The van der Waals surface area contributed by atoms with Crippen LogP contribution < -0.4 is 5.32 Å². The Labute approximate surface area is 76.9 Å². The number of nitrogens with one attached hydrogen (secondary N) is 1. The Morgan fingerprint density at radius 1 is 1.46 bits per heavy atom. The summed E-state index contributed by atoms with van der Waals surface area (Å²) >= 11 is 0. The quantitative estimate of drug-likeness (QED) is 0.635. The van der Waals surface area contributed by atoms with Gasteiger partial charge in [-0.1, -0.05) is 0 Å². The van der Waals surface area contributed by atoms with E-state index in [0.29, 0.717) is 18.0 Å². The highest BCUT2D eigenvalue weighted by atomic mass is 32.2. The van der Waals surface area contributed by atoms with Gasteiger partial charge >= 0.3 is 0 Å². The first-order chi connectivity index (χ1) is 6.20. The summed E-state index contributed by atoms with van der Waals surface area (Å²) in [6.07, 6.45) is 3.12. The van der Waals surface area contributed by atoms with E-state index < -0.39 is 9.84 Å². The molecule has 2 rings (SSSR count). The zero-order valence-corrected chi connectivity index (χ0v) is 7.84. The molecule has 1 aliphatic heterocycles. The van der Waals surface area contributed by atoms with Crippen molar-refractivity contribution in [2.45, 2.75) is 11.4 Å². The van der Waals surface area contributed by atoms with Gasteiger partial charge in [0.05, 0.1) is 10.6 Å². The van der Waals surface area contributed by atoms with Crippen LogP contribution in [0.2, 0.25) is 0 Å². The molecule has 1 aromatic heterocycles. The van der Waals surface area contributed by atoms with Crippen LogP contribution in [0.15, 0.2) is 23.4 Å². The number of pyridine rings is 1. The van der Waals surface area contributed by atoms with Crippen LogP contribution in [0.1, 0.15) is 5.56 Å². The first-order valence-corrected chi connectivity index (χ1v) is 5.72. The number of hydrogen-bond donors (Lipinski definition) is 1. The lowest BCUT2D eigenvalue weighted by Gasteiger charge is -2.02. The van der Waals surface area contributed by atoms with Crippen LogP contribution in [0.4, 0.5) is 0 Å². The zero-order valence-electron chi connectivity index (χ0n) is 7.03. The molecule has 0 bridgehead atoms. The molecule has 70 valence electrons. The average molecular weight is 198 g/mol. The van der Waals surface area contributed by atoms with Crippen molar-refractivity contribution in [2.24, 2.45) is 0 Å². The van der Waals surface area contributed by atoms with Gasteiger partial charge in [-0.3, -0.25) is 4.98 Å². The number of fused-ring (bicyclic) bond motifs is 1. The minimum Gasteiger partial charge on any atom is -0.312 e. The van der Waals surface area contributed by atoms with E-state index in [9.17, 15) is 8.42 Å². The topological polar surface area (TPSA) is 59.1 Å². The van der Waals surface area contributed by atoms with Crippen molar-refractivity contribution in [3.05, 3.63) is 24.0 Å². The third-order valence-electron chi connectivity index (χ3n) is 2.06. The van der Waals surface area contributed by atoms with Crippen LogP contribution in [-0.2, 0) is 16.4 Å². The van der Waals surface area contributed by atoms with Crippen molar-refractivity contribution in [1.29, 1.82) is 0 Å². The Balaban J connectivity index is 2.62. The molecule has 0 radical (unpaired) electrons. The summed E-state index contributed by atoms with van der Waals surface area (Å²) in [7, 11) is -3.08. The van der Waals surface area contributed by atoms with Gasteiger partial charge in [-0.05, 0) is 6.07 Å². The molecule has 13 heavy (non-hydrogen) atoms. The van der Waals surface area contributed by atoms with E-state index in [4.69, 9.17) is 0 Å². The molecule has 0 aliphatic carbocycles. The van der Waals surface area contributed by atoms with Crippen molar-refractivity contribution in [3.63, 3.8) is 0 Å². The molecule has 0 saturated carbocycles.